The van der Waals surface area contributed by atoms with Crippen LogP contribution in [0.25, 0.3) is 0 Å². The maximum absolute atomic E-state index is 9.30. The Bertz CT molecular complexity index is 518. The Kier molecular flexibility index (Phi) is 3.24. The summed E-state index contributed by atoms with van der Waals surface area (Å²) in [5, 5.41) is 16.7. The van der Waals surface area contributed by atoms with Crippen molar-refractivity contribution in [3.63, 3.8) is 0 Å². The quantitative estimate of drug-likeness (QED) is 0.824. The van der Waals surface area contributed by atoms with Gasteiger partial charge in [-0.3, -0.25) is 0 Å². The Morgan fingerprint density at radius 3 is 2.76 bits per heavy atom. The van der Waals surface area contributed by atoms with Crippen molar-refractivity contribution in [1.82, 2.24) is 5.16 Å². The summed E-state index contributed by atoms with van der Waals surface area (Å²) in [6.45, 7) is 4.39. The molecule has 2 rings (SSSR count). The van der Waals surface area contributed by atoms with E-state index in [4.69, 9.17) is 16.1 Å². The van der Waals surface area contributed by atoms with Gasteiger partial charge in [-0.15, -0.1) is 0 Å². The van der Waals surface area contributed by atoms with Gasteiger partial charge in [0.1, 0.15) is 11.5 Å². The highest BCUT2D eigenvalue weighted by Gasteiger charge is 2.08. The van der Waals surface area contributed by atoms with E-state index in [0.29, 0.717) is 11.6 Å². The summed E-state index contributed by atoms with van der Waals surface area (Å²) >= 11 is 5.82. The number of anilines is 1. The summed E-state index contributed by atoms with van der Waals surface area (Å²) in [5.41, 5.74) is 2.75. The van der Waals surface area contributed by atoms with Crippen LogP contribution >= 0.6 is 11.6 Å². The van der Waals surface area contributed by atoms with Crippen LogP contribution in [0.2, 0.25) is 5.02 Å². The molecule has 2 aromatic rings. The molecule has 1 aromatic heterocycles. The van der Waals surface area contributed by atoms with Crippen molar-refractivity contribution in [2.24, 2.45) is 0 Å². The van der Waals surface area contributed by atoms with Crippen LogP contribution < -0.4 is 5.32 Å². The van der Waals surface area contributed by atoms with Crippen molar-refractivity contribution in [2.75, 3.05) is 5.32 Å². The minimum Gasteiger partial charge on any atom is -0.506 e. The monoisotopic (exact) mass is 252 g/mol. The first kappa shape index (κ1) is 11.8. The predicted molar refractivity (Wildman–Crippen MR) is 66.4 cm³/mol. The number of halogens is 1. The number of benzene rings is 1. The molecule has 0 atom stereocenters. The third-order valence-corrected chi connectivity index (χ3v) is 2.90. The molecule has 0 aliphatic carbocycles. The van der Waals surface area contributed by atoms with Crippen LogP contribution in [0.1, 0.15) is 17.0 Å². The van der Waals surface area contributed by atoms with Gasteiger partial charge in [-0.25, -0.2) is 0 Å². The lowest BCUT2D eigenvalue weighted by Gasteiger charge is -2.07. The zero-order chi connectivity index (χ0) is 12.4. The second-order valence-electron chi connectivity index (χ2n) is 3.82. The van der Waals surface area contributed by atoms with E-state index in [1.54, 1.807) is 18.2 Å². The van der Waals surface area contributed by atoms with Crippen molar-refractivity contribution in [3.8, 4) is 5.75 Å². The molecule has 1 aromatic carbocycles. The van der Waals surface area contributed by atoms with Crippen LogP contribution in [0.15, 0.2) is 22.7 Å². The van der Waals surface area contributed by atoms with Gasteiger partial charge in [-0.1, -0.05) is 16.8 Å². The molecule has 0 amide bonds. The number of phenolic OH excluding ortho intramolecular Hbond substituents is 1. The SMILES string of the molecule is Cc1noc(C)c1CNc1ccc(O)c(Cl)c1. The molecular weight excluding hydrogens is 240 g/mol. The fourth-order valence-electron chi connectivity index (χ4n) is 1.56. The molecule has 0 aliphatic rings. The van der Waals surface area contributed by atoms with Gasteiger partial charge < -0.3 is 14.9 Å². The third-order valence-electron chi connectivity index (χ3n) is 2.60. The molecule has 5 heteroatoms. The summed E-state index contributed by atoms with van der Waals surface area (Å²) in [6, 6.07) is 4.99. The number of hydrogen-bond acceptors (Lipinski definition) is 4. The van der Waals surface area contributed by atoms with Gasteiger partial charge in [-0.05, 0) is 32.0 Å². The van der Waals surface area contributed by atoms with Crippen molar-refractivity contribution in [2.45, 2.75) is 20.4 Å². The number of phenols is 1. The number of hydrogen-bond donors (Lipinski definition) is 2. The van der Waals surface area contributed by atoms with Crippen LogP contribution in [0.3, 0.4) is 0 Å². The molecule has 2 N–H and O–H groups in total. The highest BCUT2D eigenvalue weighted by molar-refractivity contribution is 6.32. The van der Waals surface area contributed by atoms with E-state index in [1.807, 2.05) is 13.8 Å². The molecule has 0 radical (unpaired) electrons. The maximum Gasteiger partial charge on any atom is 0.138 e. The Hall–Kier alpha value is -1.68. The Morgan fingerprint density at radius 2 is 2.18 bits per heavy atom. The lowest BCUT2D eigenvalue weighted by Crippen LogP contribution is -2.01. The fourth-order valence-corrected chi connectivity index (χ4v) is 1.74. The first-order chi connectivity index (χ1) is 8.08. The van der Waals surface area contributed by atoms with Crippen LogP contribution in [0.4, 0.5) is 5.69 Å². The Balaban J connectivity index is 2.10. The summed E-state index contributed by atoms with van der Waals surface area (Å²) < 4.78 is 5.07. The topological polar surface area (TPSA) is 58.3 Å². The van der Waals surface area contributed by atoms with E-state index in [1.165, 1.54) is 0 Å². The Labute approximate surface area is 104 Å². The average molecular weight is 253 g/mol. The van der Waals surface area contributed by atoms with E-state index in [-0.39, 0.29) is 5.75 Å². The molecule has 4 nitrogen and oxygen atoms in total. The molecule has 0 aliphatic heterocycles. The first-order valence-corrected chi connectivity index (χ1v) is 5.60. The van der Waals surface area contributed by atoms with Gasteiger partial charge in [-0.2, -0.15) is 0 Å². The minimum atomic E-state index is 0.0783. The number of nitrogens with one attached hydrogen (secondary N) is 1. The molecule has 0 bridgehead atoms. The second-order valence-corrected chi connectivity index (χ2v) is 4.23. The van der Waals surface area contributed by atoms with Gasteiger partial charge in [0.25, 0.3) is 0 Å². The van der Waals surface area contributed by atoms with E-state index >= 15 is 0 Å². The van der Waals surface area contributed by atoms with Gasteiger partial charge in [0.15, 0.2) is 0 Å². The van der Waals surface area contributed by atoms with Crippen molar-refractivity contribution < 1.29 is 9.63 Å². The molecule has 1 heterocycles. The molecule has 0 saturated heterocycles. The first-order valence-electron chi connectivity index (χ1n) is 5.22. The molecule has 90 valence electrons. The molecule has 0 unspecified atom stereocenters. The van der Waals surface area contributed by atoms with E-state index < -0.39 is 0 Å². The smallest absolute Gasteiger partial charge is 0.138 e. The summed E-state index contributed by atoms with van der Waals surface area (Å²) in [4.78, 5) is 0. The number of nitrogens with zero attached hydrogens (tertiary/aromatic N) is 1. The van der Waals surface area contributed by atoms with Gasteiger partial charge in [0.2, 0.25) is 0 Å². The largest absolute Gasteiger partial charge is 0.506 e. The zero-order valence-corrected chi connectivity index (χ0v) is 10.4. The molecule has 0 fully saturated rings. The van der Waals surface area contributed by atoms with Gasteiger partial charge >= 0.3 is 0 Å². The summed E-state index contributed by atoms with van der Waals surface area (Å²) in [7, 11) is 0. The molecule has 0 spiro atoms. The highest BCUT2D eigenvalue weighted by atomic mass is 35.5. The number of aromatic nitrogens is 1. The third kappa shape index (κ3) is 2.53. The average Bonchev–Trinajstić information content (AvgIpc) is 2.61. The number of aryl methyl sites for hydroxylation is 2. The predicted octanol–water partition coefficient (Wildman–Crippen LogP) is 3.26. The zero-order valence-electron chi connectivity index (χ0n) is 9.62. The standard InChI is InChI=1S/C12H13ClN2O2/c1-7-10(8(2)17-15-7)6-14-9-3-4-12(16)11(13)5-9/h3-5,14,16H,6H2,1-2H3. The normalized spacial score (nSPS) is 10.5. The fraction of sp³-hybridized carbons (Fsp3) is 0.250. The van der Waals surface area contributed by atoms with Crippen molar-refractivity contribution in [3.05, 3.63) is 40.2 Å². The minimum absolute atomic E-state index is 0.0783. The molecular formula is C12H13ClN2O2. The van der Waals surface area contributed by atoms with E-state index in [9.17, 15) is 5.11 Å². The van der Waals surface area contributed by atoms with E-state index in [2.05, 4.69) is 10.5 Å². The van der Waals surface area contributed by atoms with Gasteiger partial charge in [0, 0.05) is 17.8 Å². The van der Waals surface area contributed by atoms with Gasteiger partial charge in [0.05, 0.1) is 10.7 Å². The van der Waals surface area contributed by atoms with E-state index in [0.717, 1.165) is 22.7 Å². The van der Waals surface area contributed by atoms with Crippen molar-refractivity contribution >= 4 is 17.3 Å². The van der Waals surface area contributed by atoms with Crippen LogP contribution in [0, 0.1) is 13.8 Å². The van der Waals surface area contributed by atoms with Crippen LogP contribution in [0.5, 0.6) is 5.75 Å². The van der Waals surface area contributed by atoms with Crippen LogP contribution in [-0.2, 0) is 6.54 Å². The van der Waals surface area contributed by atoms with Crippen molar-refractivity contribution in [1.29, 1.82) is 0 Å². The van der Waals surface area contributed by atoms with Crippen LogP contribution in [-0.4, -0.2) is 10.3 Å². The maximum atomic E-state index is 9.30. The number of aromatic hydroxyl groups is 1. The number of rotatable bonds is 3. The lowest BCUT2D eigenvalue weighted by atomic mass is 10.2. The highest BCUT2D eigenvalue weighted by Crippen LogP contribution is 2.26. The molecule has 17 heavy (non-hydrogen) atoms. The molecule has 0 saturated carbocycles. The second kappa shape index (κ2) is 4.67. The lowest BCUT2D eigenvalue weighted by molar-refractivity contribution is 0.392. The summed E-state index contributed by atoms with van der Waals surface area (Å²) in [6.07, 6.45) is 0. The summed E-state index contributed by atoms with van der Waals surface area (Å²) in [5.74, 6) is 0.884. The Morgan fingerprint density at radius 1 is 1.41 bits per heavy atom.